The van der Waals surface area contributed by atoms with E-state index in [1.54, 1.807) is 6.20 Å². The maximum absolute atomic E-state index is 13.0. The predicted octanol–water partition coefficient (Wildman–Crippen LogP) is 3.94. The number of H-pyrrole nitrogens is 1. The summed E-state index contributed by atoms with van der Waals surface area (Å²) in [5, 5.41) is 9.61. The second-order valence-corrected chi connectivity index (χ2v) is 8.77. The smallest absolute Gasteiger partial charge is 0.223 e. The molecule has 1 aliphatic rings. The fraction of sp³-hybridized carbons (Fsp3) is 0.440. The van der Waals surface area contributed by atoms with E-state index < -0.39 is 0 Å². The number of nitrogens with zero attached hydrogens (tertiary/aromatic N) is 5. The van der Waals surface area contributed by atoms with Crippen LogP contribution in [-0.4, -0.2) is 48.1 Å². The molecule has 5 rings (SSSR count). The van der Waals surface area contributed by atoms with Crippen LogP contribution in [-0.2, 0) is 30.6 Å². The summed E-state index contributed by atoms with van der Waals surface area (Å²) in [5.74, 6) is 1.35. The van der Waals surface area contributed by atoms with Crippen molar-refractivity contribution in [2.75, 3.05) is 6.54 Å². The molecule has 1 amide bonds. The molecule has 8 nitrogen and oxygen atoms in total. The number of rotatable bonds is 9. The lowest BCUT2D eigenvalue weighted by Crippen LogP contribution is -2.44. The van der Waals surface area contributed by atoms with Crippen molar-refractivity contribution in [1.29, 1.82) is 0 Å². The van der Waals surface area contributed by atoms with Crippen molar-refractivity contribution in [1.82, 2.24) is 29.6 Å². The topological polar surface area (TPSA) is 92.8 Å². The predicted molar refractivity (Wildman–Crippen MR) is 125 cm³/mol. The van der Waals surface area contributed by atoms with Crippen molar-refractivity contribution >= 4 is 16.8 Å². The molecule has 1 aromatic carbocycles. The zero-order chi connectivity index (χ0) is 22.5. The van der Waals surface area contributed by atoms with E-state index in [9.17, 15) is 4.79 Å². The van der Waals surface area contributed by atoms with Crippen molar-refractivity contribution in [2.24, 2.45) is 0 Å². The van der Waals surface area contributed by atoms with E-state index in [0.29, 0.717) is 37.1 Å². The average Bonchev–Trinajstić information content (AvgIpc) is 3.61. The van der Waals surface area contributed by atoms with Crippen LogP contribution in [0, 0.1) is 0 Å². The molecule has 0 aliphatic carbocycles. The molecule has 0 spiro atoms. The number of likely N-dealkylation sites (tertiary alicyclic amines) is 1. The first-order valence-corrected chi connectivity index (χ1v) is 11.9. The molecule has 4 heterocycles. The molecule has 4 aromatic rings. The first-order chi connectivity index (χ1) is 16.3. The number of hydrogen-bond donors (Lipinski definition) is 1. The van der Waals surface area contributed by atoms with E-state index in [-0.39, 0.29) is 5.91 Å². The van der Waals surface area contributed by atoms with Crippen LogP contribution in [0.3, 0.4) is 0 Å². The summed E-state index contributed by atoms with van der Waals surface area (Å²) in [6, 6.07) is 8.57. The zero-order valence-corrected chi connectivity index (χ0v) is 18.8. The van der Waals surface area contributed by atoms with Crippen LogP contribution in [0.15, 0.2) is 53.6 Å². The van der Waals surface area contributed by atoms with E-state index in [4.69, 9.17) is 4.42 Å². The van der Waals surface area contributed by atoms with Crippen LogP contribution >= 0.6 is 0 Å². The van der Waals surface area contributed by atoms with Gasteiger partial charge in [-0.2, -0.15) is 0 Å². The summed E-state index contributed by atoms with van der Waals surface area (Å²) >= 11 is 0. The molecule has 1 fully saturated rings. The number of aryl methyl sites for hydroxylation is 4. The molecule has 8 heteroatoms. The minimum Gasteiger partial charge on any atom is -0.425 e. The lowest BCUT2D eigenvalue weighted by molar-refractivity contribution is -0.135. The first kappa shape index (κ1) is 21.4. The quantitative estimate of drug-likeness (QED) is 0.420. The Hall–Kier alpha value is -3.42. The zero-order valence-electron chi connectivity index (χ0n) is 18.8. The SMILES string of the molecule is O=C(CCc1nnc(CCc2c[nH]c3ccccc23)o1)N1CCCC[C@H]1CCn1ccnc1. The summed E-state index contributed by atoms with van der Waals surface area (Å²) in [5.41, 5.74) is 2.38. The molecule has 0 unspecified atom stereocenters. The molecule has 0 bridgehead atoms. The summed E-state index contributed by atoms with van der Waals surface area (Å²) in [4.78, 5) is 22.4. The largest absolute Gasteiger partial charge is 0.425 e. The van der Waals surface area contributed by atoms with Gasteiger partial charge >= 0.3 is 0 Å². The lowest BCUT2D eigenvalue weighted by atomic mass is 9.98. The minimum absolute atomic E-state index is 0.184. The van der Waals surface area contributed by atoms with Gasteiger partial charge in [0.1, 0.15) is 0 Å². The Morgan fingerprint density at radius 1 is 1.12 bits per heavy atom. The molecule has 1 atom stereocenters. The fourth-order valence-electron chi connectivity index (χ4n) is 4.77. The van der Waals surface area contributed by atoms with Crippen LogP contribution in [0.1, 0.15) is 49.4 Å². The van der Waals surface area contributed by atoms with Crippen molar-refractivity contribution in [2.45, 2.75) is 64.0 Å². The second kappa shape index (κ2) is 10.0. The summed E-state index contributed by atoms with van der Waals surface area (Å²) in [6.45, 7) is 1.73. The summed E-state index contributed by atoms with van der Waals surface area (Å²) in [7, 11) is 0. The van der Waals surface area contributed by atoms with Crippen molar-refractivity contribution in [3.63, 3.8) is 0 Å². The second-order valence-electron chi connectivity index (χ2n) is 8.77. The monoisotopic (exact) mass is 446 g/mol. The third kappa shape index (κ3) is 5.16. The standard InChI is InChI=1S/C25H30N6O2/c32-25(31-14-4-3-5-20(31)12-15-30-16-13-26-18-30)11-10-24-29-28-23(33-24)9-8-19-17-27-22-7-2-1-6-21(19)22/h1-2,6-7,13,16-18,20,27H,3-5,8-12,14-15H2/t20-/m0/s1. The number of aromatic amines is 1. The molecule has 0 radical (unpaired) electrons. The Kier molecular flexibility index (Phi) is 6.51. The molecule has 0 saturated carbocycles. The number of para-hydroxylation sites is 1. The Morgan fingerprint density at radius 2 is 2.00 bits per heavy atom. The van der Waals surface area contributed by atoms with Crippen LogP contribution in [0.4, 0.5) is 0 Å². The number of nitrogens with one attached hydrogen (secondary N) is 1. The Morgan fingerprint density at radius 3 is 2.88 bits per heavy atom. The van der Waals surface area contributed by atoms with Gasteiger partial charge in [-0.3, -0.25) is 4.79 Å². The Labute approximate surface area is 193 Å². The highest BCUT2D eigenvalue weighted by Crippen LogP contribution is 2.22. The minimum atomic E-state index is 0.184. The number of aromatic nitrogens is 5. The number of hydrogen-bond acceptors (Lipinski definition) is 5. The van der Waals surface area contributed by atoms with E-state index >= 15 is 0 Å². The molecule has 1 N–H and O–H groups in total. The van der Waals surface area contributed by atoms with Crippen molar-refractivity contribution in [3.8, 4) is 0 Å². The van der Waals surface area contributed by atoms with Crippen LogP contribution < -0.4 is 0 Å². The number of piperidine rings is 1. The van der Waals surface area contributed by atoms with Gasteiger partial charge in [0.05, 0.1) is 6.33 Å². The van der Waals surface area contributed by atoms with E-state index in [1.807, 2.05) is 30.9 Å². The fourth-order valence-corrected chi connectivity index (χ4v) is 4.77. The molecular weight excluding hydrogens is 416 g/mol. The van der Waals surface area contributed by atoms with Gasteiger partial charge in [-0.1, -0.05) is 18.2 Å². The van der Waals surface area contributed by atoms with E-state index in [1.165, 1.54) is 17.4 Å². The normalized spacial score (nSPS) is 16.5. The van der Waals surface area contributed by atoms with Crippen LogP contribution in [0.5, 0.6) is 0 Å². The van der Waals surface area contributed by atoms with Gasteiger partial charge in [-0.25, -0.2) is 4.98 Å². The summed E-state index contributed by atoms with van der Waals surface area (Å²) in [6.07, 6.45) is 14.3. The maximum Gasteiger partial charge on any atom is 0.223 e. The molecule has 1 aliphatic heterocycles. The number of carbonyl (C=O) groups excluding carboxylic acids is 1. The van der Waals surface area contributed by atoms with E-state index in [0.717, 1.165) is 44.3 Å². The van der Waals surface area contributed by atoms with Gasteiger partial charge in [-0.15, -0.1) is 10.2 Å². The Balaban J connectivity index is 1.12. The highest BCUT2D eigenvalue weighted by atomic mass is 16.4. The molecule has 1 saturated heterocycles. The number of amides is 1. The number of benzene rings is 1. The number of imidazole rings is 1. The average molecular weight is 447 g/mol. The van der Waals surface area contributed by atoms with Gasteiger partial charge in [0.15, 0.2) is 0 Å². The maximum atomic E-state index is 13.0. The van der Waals surface area contributed by atoms with Gasteiger partial charge < -0.3 is 18.9 Å². The van der Waals surface area contributed by atoms with Crippen LogP contribution in [0.2, 0.25) is 0 Å². The lowest BCUT2D eigenvalue weighted by Gasteiger charge is -2.36. The third-order valence-corrected chi connectivity index (χ3v) is 6.57. The Bertz CT molecular complexity index is 1180. The summed E-state index contributed by atoms with van der Waals surface area (Å²) < 4.78 is 7.92. The number of fused-ring (bicyclic) bond motifs is 1. The molecule has 33 heavy (non-hydrogen) atoms. The highest BCUT2D eigenvalue weighted by molar-refractivity contribution is 5.83. The van der Waals surface area contributed by atoms with Crippen molar-refractivity contribution < 1.29 is 9.21 Å². The first-order valence-electron chi connectivity index (χ1n) is 11.9. The third-order valence-electron chi connectivity index (χ3n) is 6.57. The molecule has 3 aromatic heterocycles. The van der Waals surface area contributed by atoms with Gasteiger partial charge in [0.2, 0.25) is 17.7 Å². The highest BCUT2D eigenvalue weighted by Gasteiger charge is 2.26. The number of carbonyl (C=O) groups is 1. The van der Waals surface area contributed by atoms with Gasteiger partial charge in [0.25, 0.3) is 0 Å². The van der Waals surface area contributed by atoms with Gasteiger partial charge in [-0.05, 0) is 43.7 Å². The molecular formula is C25H30N6O2. The van der Waals surface area contributed by atoms with Crippen molar-refractivity contribution in [3.05, 3.63) is 66.5 Å². The van der Waals surface area contributed by atoms with Gasteiger partial charge in [0, 0.05) is 67.9 Å². The van der Waals surface area contributed by atoms with E-state index in [2.05, 4.69) is 41.8 Å². The molecule has 172 valence electrons. The van der Waals surface area contributed by atoms with Crippen LogP contribution in [0.25, 0.3) is 10.9 Å².